The lowest BCUT2D eigenvalue weighted by molar-refractivity contribution is -0.130. The highest BCUT2D eigenvalue weighted by Gasteiger charge is 2.23. The second-order valence-electron chi connectivity index (χ2n) is 5.99. The fraction of sp³-hybridized carbons (Fsp3) is 0.353. The van der Waals surface area contributed by atoms with E-state index in [1.54, 1.807) is 4.90 Å². The molecule has 2 aliphatic rings. The molecule has 0 radical (unpaired) electrons. The van der Waals surface area contributed by atoms with E-state index < -0.39 is 0 Å². The van der Waals surface area contributed by atoms with Crippen LogP contribution in [-0.4, -0.2) is 39.9 Å². The fourth-order valence-corrected chi connectivity index (χ4v) is 4.71. The average Bonchev–Trinajstić information content (AvgIpc) is 3.28. The van der Waals surface area contributed by atoms with Gasteiger partial charge < -0.3 is 10.2 Å². The second kappa shape index (κ2) is 6.57. The Morgan fingerprint density at radius 1 is 1.29 bits per heavy atom. The van der Waals surface area contributed by atoms with E-state index in [-0.39, 0.29) is 18.4 Å². The molecule has 1 aliphatic carbocycles. The lowest BCUT2D eigenvalue weighted by atomic mass is 10.1. The third-order valence-corrected chi connectivity index (χ3v) is 6.01. The summed E-state index contributed by atoms with van der Waals surface area (Å²) in [6, 6.07) is 6.50. The molecule has 0 spiro atoms. The quantitative estimate of drug-likeness (QED) is 0.912. The number of thioether (sulfide) groups is 1. The highest BCUT2D eigenvalue weighted by molar-refractivity contribution is 8.00. The van der Waals surface area contributed by atoms with Gasteiger partial charge in [-0.1, -0.05) is 12.1 Å². The average molecular weight is 359 g/mol. The van der Waals surface area contributed by atoms with Crippen LogP contribution in [0.2, 0.25) is 0 Å². The highest BCUT2D eigenvalue weighted by Crippen LogP contribution is 2.30. The maximum atomic E-state index is 12.1. The summed E-state index contributed by atoms with van der Waals surface area (Å²) in [6.45, 7) is 0.0968. The Hall–Kier alpha value is -1.86. The molecule has 7 heteroatoms. The first-order valence-electron chi connectivity index (χ1n) is 7.92. The van der Waals surface area contributed by atoms with Gasteiger partial charge in [-0.25, -0.2) is 4.98 Å². The largest absolute Gasteiger partial charge is 0.323 e. The van der Waals surface area contributed by atoms with Crippen molar-refractivity contribution < 1.29 is 9.59 Å². The molecule has 2 aromatic rings. The summed E-state index contributed by atoms with van der Waals surface area (Å²) in [5.74, 6) is 0.881. The number of nitrogens with one attached hydrogen (secondary N) is 1. The van der Waals surface area contributed by atoms with Gasteiger partial charge >= 0.3 is 0 Å². The number of benzene rings is 1. The molecule has 1 fully saturated rings. The van der Waals surface area contributed by atoms with Gasteiger partial charge in [0.05, 0.1) is 17.3 Å². The predicted molar refractivity (Wildman–Crippen MR) is 97.2 cm³/mol. The number of thiazole rings is 1. The number of nitrogens with zero attached hydrogens (tertiary/aromatic N) is 2. The zero-order valence-corrected chi connectivity index (χ0v) is 14.7. The summed E-state index contributed by atoms with van der Waals surface area (Å²) < 4.78 is 0. The molecular formula is C17H17N3O2S2. The van der Waals surface area contributed by atoms with Crippen LogP contribution < -0.4 is 5.32 Å². The van der Waals surface area contributed by atoms with Gasteiger partial charge in [0.2, 0.25) is 11.8 Å². The summed E-state index contributed by atoms with van der Waals surface area (Å²) >= 11 is 2.95. The van der Waals surface area contributed by atoms with Crippen molar-refractivity contribution in [3.8, 4) is 11.3 Å². The van der Waals surface area contributed by atoms with E-state index in [9.17, 15) is 9.59 Å². The molecule has 1 saturated heterocycles. The summed E-state index contributed by atoms with van der Waals surface area (Å²) in [7, 11) is 0. The van der Waals surface area contributed by atoms with Crippen molar-refractivity contribution >= 4 is 40.0 Å². The SMILES string of the molecule is O=C(CN1CSCC1=O)Nc1nc(-c2ccc3c(c2)CCC3)cs1. The Morgan fingerprint density at radius 3 is 3.00 bits per heavy atom. The molecule has 0 unspecified atom stereocenters. The van der Waals surface area contributed by atoms with Crippen LogP contribution >= 0.6 is 23.1 Å². The fourth-order valence-electron chi connectivity index (χ4n) is 3.07. The van der Waals surface area contributed by atoms with Crippen LogP contribution in [-0.2, 0) is 22.4 Å². The summed E-state index contributed by atoms with van der Waals surface area (Å²) in [4.78, 5) is 29.7. The van der Waals surface area contributed by atoms with E-state index in [1.807, 2.05) is 5.38 Å². The van der Waals surface area contributed by atoms with E-state index in [0.29, 0.717) is 16.8 Å². The molecule has 5 nitrogen and oxygen atoms in total. The Balaban J connectivity index is 1.43. The van der Waals surface area contributed by atoms with Crippen LogP contribution in [0.15, 0.2) is 23.6 Å². The Kier molecular flexibility index (Phi) is 4.28. The minimum Gasteiger partial charge on any atom is -0.323 e. The highest BCUT2D eigenvalue weighted by atomic mass is 32.2. The van der Waals surface area contributed by atoms with Gasteiger partial charge in [-0.15, -0.1) is 23.1 Å². The predicted octanol–water partition coefficient (Wildman–Crippen LogP) is 2.77. The van der Waals surface area contributed by atoms with Crippen molar-refractivity contribution in [2.24, 2.45) is 0 Å². The molecule has 24 heavy (non-hydrogen) atoms. The number of hydrogen-bond acceptors (Lipinski definition) is 5. The van der Waals surface area contributed by atoms with E-state index in [4.69, 9.17) is 0 Å². The van der Waals surface area contributed by atoms with Gasteiger partial charge in [0.25, 0.3) is 0 Å². The third-order valence-electron chi connectivity index (χ3n) is 4.30. The molecule has 0 bridgehead atoms. The number of anilines is 1. The number of amides is 2. The first kappa shape index (κ1) is 15.7. The van der Waals surface area contributed by atoms with Crippen LogP contribution in [0, 0.1) is 0 Å². The Bertz CT molecular complexity index is 803. The van der Waals surface area contributed by atoms with Gasteiger partial charge in [0.15, 0.2) is 5.13 Å². The van der Waals surface area contributed by atoms with Crippen molar-refractivity contribution in [2.45, 2.75) is 19.3 Å². The summed E-state index contributed by atoms with van der Waals surface area (Å²) in [5.41, 5.74) is 4.84. The van der Waals surface area contributed by atoms with Crippen LogP contribution in [0.3, 0.4) is 0 Å². The minimum absolute atomic E-state index is 0.0214. The molecule has 1 N–H and O–H groups in total. The first-order valence-corrected chi connectivity index (χ1v) is 9.95. The molecule has 124 valence electrons. The molecule has 0 atom stereocenters. The van der Waals surface area contributed by atoms with Crippen LogP contribution in [0.1, 0.15) is 17.5 Å². The summed E-state index contributed by atoms with van der Waals surface area (Å²) in [6.07, 6.45) is 3.53. The van der Waals surface area contributed by atoms with E-state index >= 15 is 0 Å². The summed E-state index contributed by atoms with van der Waals surface area (Å²) in [5, 5.41) is 5.34. The Labute approximate surface area is 148 Å². The lowest BCUT2D eigenvalue weighted by Crippen LogP contribution is -2.34. The normalized spacial score (nSPS) is 16.5. The lowest BCUT2D eigenvalue weighted by Gasteiger charge is -2.13. The Morgan fingerprint density at radius 2 is 2.17 bits per heavy atom. The van der Waals surface area contributed by atoms with Gasteiger partial charge in [-0.05, 0) is 36.5 Å². The van der Waals surface area contributed by atoms with Crippen molar-refractivity contribution in [3.05, 3.63) is 34.7 Å². The maximum absolute atomic E-state index is 12.1. The van der Waals surface area contributed by atoms with E-state index in [1.165, 1.54) is 47.1 Å². The standard InChI is InChI=1S/C17H17N3O2S2/c21-15(7-20-10-23-9-16(20)22)19-17-18-14(8-24-17)13-5-4-11-2-1-3-12(11)6-13/h4-6,8H,1-3,7,9-10H2,(H,18,19,21). The number of aromatic nitrogens is 1. The van der Waals surface area contributed by atoms with Crippen LogP contribution in [0.25, 0.3) is 11.3 Å². The minimum atomic E-state index is -0.194. The van der Waals surface area contributed by atoms with Crippen molar-refractivity contribution in [2.75, 3.05) is 23.5 Å². The molecule has 1 aliphatic heterocycles. The number of hydrogen-bond donors (Lipinski definition) is 1. The number of carbonyl (C=O) groups is 2. The van der Waals surface area contributed by atoms with Gasteiger partial charge in [-0.2, -0.15) is 0 Å². The van der Waals surface area contributed by atoms with E-state index in [0.717, 1.165) is 17.7 Å². The number of rotatable bonds is 4. The molecule has 4 rings (SSSR count). The molecule has 0 saturated carbocycles. The van der Waals surface area contributed by atoms with Crippen molar-refractivity contribution in [1.29, 1.82) is 0 Å². The van der Waals surface area contributed by atoms with E-state index in [2.05, 4.69) is 28.5 Å². The number of carbonyl (C=O) groups excluding carboxylic acids is 2. The first-order chi connectivity index (χ1) is 11.7. The third kappa shape index (κ3) is 3.18. The monoisotopic (exact) mass is 359 g/mol. The van der Waals surface area contributed by atoms with Crippen LogP contribution in [0.5, 0.6) is 0 Å². The molecule has 2 amide bonds. The molecular weight excluding hydrogens is 342 g/mol. The van der Waals surface area contributed by atoms with Crippen molar-refractivity contribution in [3.63, 3.8) is 0 Å². The molecule has 1 aromatic heterocycles. The molecule has 2 heterocycles. The van der Waals surface area contributed by atoms with Gasteiger partial charge in [-0.3, -0.25) is 9.59 Å². The van der Waals surface area contributed by atoms with Gasteiger partial charge in [0.1, 0.15) is 6.54 Å². The second-order valence-corrected chi connectivity index (χ2v) is 7.81. The number of fused-ring (bicyclic) bond motifs is 1. The van der Waals surface area contributed by atoms with Gasteiger partial charge in [0, 0.05) is 10.9 Å². The number of aryl methyl sites for hydroxylation is 2. The molecule has 1 aromatic carbocycles. The smallest absolute Gasteiger partial charge is 0.245 e. The zero-order valence-electron chi connectivity index (χ0n) is 13.1. The maximum Gasteiger partial charge on any atom is 0.245 e. The topological polar surface area (TPSA) is 62.3 Å². The van der Waals surface area contributed by atoms with Crippen LogP contribution in [0.4, 0.5) is 5.13 Å². The zero-order chi connectivity index (χ0) is 16.5. The van der Waals surface area contributed by atoms with Crippen molar-refractivity contribution in [1.82, 2.24) is 9.88 Å².